The van der Waals surface area contributed by atoms with Gasteiger partial charge in [0.05, 0.1) is 13.1 Å². The Morgan fingerprint density at radius 2 is 1.94 bits per heavy atom. The zero-order chi connectivity index (χ0) is 22.4. The molecule has 12 heteroatoms. The maximum absolute atomic E-state index is 12.0. The van der Waals surface area contributed by atoms with Crippen LogP contribution in [0.5, 0.6) is 0 Å². The molecule has 0 amide bonds. The van der Waals surface area contributed by atoms with Crippen molar-refractivity contribution in [1.82, 2.24) is 24.2 Å². The van der Waals surface area contributed by atoms with E-state index in [0.29, 0.717) is 18.5 Å². The monoisotopic (exact) mass is 443 g/mol. The van der Waals surface area contributed by atoms with Gasteiger partial charge in [0.2, 0.25) is 0 Å². The molecule has 170 valence electrons. The summed E-state index contributed by atoms with van der Waals surface area (Å²) in [4.78, 5) is 28.0. The lowest BCUT2D eigenvalue weighted by molar-refractivity contribution is -0.192. The predicted molar refractivity (Wildman–Crippen MR) is 102 cm³/mol. The summed E-state index contributed by atoms with van der Waals surface area (Å²) >= 11 is 0. The van der Waals surface area contributed by atoms with Crippen LogP contribution in [0.2, 0.25) is 0 Å². The number of nitrogens with zero attached hydrogens (tertiary/aromatic N) is 5. The van der Waals surface area contributed by atoms with E-state index in [1.807, 2.05) is 12.4 Å². The fraction of sp³-hybridized carbons (Fsp3) is 0.579. The van der Waals surface area contributed by atoms with Gasteiger partial charge in [0.25, 0.3) is 5.56 Å². The molecule has 31 heavy (non-hydrogen) atoms. The van der Waals surface area contributed by atoms with Crippen LogP contribution in [-0.2, 0) is 29.2 Å². The third-order valence-electron chi connectivity index (χ3n) is 5.26. The summed E-state index contributed by atoms with van der Waals surface area (Å²) in [5.74, 6) is -1.32. The second kappa shape index (κ2) is 10.1. The average molecular weight is 443 g/mol. The van der Waals surface area contributed by atoms with E-state index >= 15 is 0 Å². The van der Waals surface area contributed by atoms with Gasteiger partial charge in [0, 0.05) is 62.9 Å². The fourth-order valence-corrected chi connectivity index (χ4v) is 3.78. The SMILES string of the molecule is O=C(O)C(F)(F)F.O=c1cccnn1CC1CN(C2CCOCC2)Cc2nccn2C1. The molecule has 4 heterocycles. The highest BCUT2D eigenvalue weighted by molar-refractivity contribution is 5.73. The molecule has 1 unspecified atom stereocenters. The Morgan fingerprint density at radius 1 is 1.23 bits per heavy atom. The minimum atomic E-state index is -5.08. The van der Waals surface area contributed by atoms with Crippen LogP contribution in [0.25, 0.3) is 0 Å². The van der Waals surface area contributed by atoms with Crippen molar-refractivity contribution >= 4 is 5.97 Å². The van der Waals surface area contributed by atoms with Crippen LogP contribution < -0.4 is 5.56 Å². The van der Waals surface area contributed by atoms with Crippen molar-refractivity contribution < 1.29 is 27.8 Å². The molecule has 0 radical (unpaired) electrons. The summed E-state index contributed by atoms with van der Waals surface area (Å²) in [5, 5.41) is 11.3. The van der Waals surface area contributed by atoms with E-state index < -0.39 is 12.1 Å². The first kappa shape index (κ1) is 22.9. The normalized spacial score (nSPS) is 20.3. The van der Waals surface area contributed by atoms with Crippen molar-refractivity contribution in [2.24, 2.45) is 5.92 Å². The molecule has 2 aliphatic rings. The number of fused-ring (bicyclic) bond motifs is 1. The highest BCUT2D eigenvalue weighted by Gasteiger charge is 2.38. The number of hydrogen-bond acceptors (Lipinski definition) is 6. The van der Waals surface area contributed by atoms with E-state index in [2.05, 4.69) is 19.5 Å². The summed E-state index contributed by atoms with van der Waals surface area (Å²) in [6.07, 6.45) is 2.63. The minimum Gasteiger partial charge on any atom is -0.475 e. The van der Waals surface area contributed by atoms with E-state index in [-0.39, 0.29) is 5.56 Å². The number of carboxylic acid groups (broad SMARTS) is 1. The topological polar surface area (TPSA) is 102 Å². The number of carbonyl (C=O) groups is 1. The first-order valence-corrected chi connectivity index (χ1v) is 9.88. The summed E-state index contributed by atoms with van der Waals surface area (Å²) in [6, 6.07) is 3.79. The quantitative estimate of drug-likeness (QED) is 0.765. The van der Waals surface area contributed by atoms with Gasteiger partial charge in [-0.25, -0.2) is 14.5 Å². The Balaban J connectivity index is 0.000000339. The number of alkyl halides is 3. The lowest BCUT2D eigenvalue weighted by Gasteiger charge is -2.34. The van der Waals surface area contributed by atoms with E-state index in [1.165, 1.54) is 0 Å². The van der Waals surface area contributed by atoms with Gasteiger partial charge in [-0.05, 0) is 18.9 Å². The van der Waals surface area contributed by atoms with Crippen molar-refractivity contribution in [2.75, 3.05) is 19.8 Å². The van der Waals surface area contributed by atoms with Crippen LogP contribution in [-0.4, -0.2) is 67.3 Å². The largest absolute Gasteiger partial charge is 0.490 e. The predicted octanol–water partition coefficient (Wildman–Crippen LogP) is 1.38. The highest BCUT2D eigenvalue weighted by atomic mass is 19.4. The van der Waals surface area contributed by atoms with Gasteiger partial charge in [-0.15, -0.1) is 0 Å². The van der Waals surface area contributed by atoms with E-state index in [4.69, 9.17) is 14.6 Å². The molecule has 1 saturated heterocycles. The molecule has 0 spiro atoms. The highest BCUT2D eigenvalue weighted by Crippen LogP contribution is 2.23. The van der Waals surface area contributed by atoms with E-state index in [1.54, 1.807) is 23.0 Å². The molecule has 4 rings (SSSR count). The Hall–Kier alpha value is -2.73. The number of aromatic nitrogens is 4. The Labute approximate surface area is 176 Å². The van der Waals surface area contributed by atoms with Crippen LogP contribution in [0.3, 0.4) is 0 Å². The Kier molecular flexibility index (Phi) is 7.44. The first-order valence-electron chi connectivity index (χ1n) is 9.88. The summed E-state index contributed by atoms with van der Waals surface area (Å²) in [5.41, 5.74) is -0.0368. The zero-order valence-corrected chi connectivity index (χ0v) is 16.7. The maximum atomic E-state index is 12.0. The third-order valence-corrected chi connectivity index (χ3v) is 5.26. The van der Waals surface area contributed by atoms with Gasteiger partial charge in [0.15, 0.2) is 0 Å². The fourth-order valence-electron chi connectivity index (χ4n) is 3.78. The molecular weight excluding hydrogens is 419 g/mol. The van der Waals surface area contributed by atoms with Gasteiger partial charge in [-0.1, -0.05) is 0 Å². The molecule has 0 saturated carbocycles. The third kappa shape index (κ3) is 6.37. The standard InChI is InChI=1S/C17H23N5O2.C2HF3O2/c23-17-2-1-5-19-22(17)12-14-10-20-7-6-18-16(20)13-21(11-14)15-3-8-24-9-4-15;3-2(4,5)1(6)7/h1-2,5-7,14-15H,3-4,8-13H2;(H,6,7). The number of rotatable bonds is 3. The zero-order valence-electron chi connectivity index (χ0n) is 16.7. The second-order valence-electron chi connectivity index (χ2n) is 7.48. The number of halogens is 3. The maximum Gasteiger partial charge on any atom is 0.490 e. The summed E-state index contributed by atoms with van der Waals surface area (Å²) in [7, 11) is 0. The minimum absolute atomic E-state index is 0.0368. The van der Waals surface area contributed by atoms with Crippen LogP contribution >= 0.6 is 0 Å². The van der Waals surface area contributed by atoms with Crippen LogP contribution in [0.1, 0.15) is 18.7 Å². The Bertz CT molecular complexity index is 924. The molecule has 2 aromatic heterocycles. The van der Waals surface area contributed by atoms with Crippen molar-refractivity contribution in [1.29, 1.82) is 0 Å². The number of imidazole rings is 1. The first-order chi connectivity index (χ1) is 14.7. The van der Waals surface area contributed by atoms with Crippen LogP contribution in [0.4, 0.5) is 13.2 Å². The average Bonchev–Trinajstić information content (AvgIpc) is 3.08. The van der Waals surface area contributed by atoms with Gasteiger partial charge < -0.3 is 14.4 Å². The smallest absolute Gasteiger partial charge is 0.475 e. The molecule has 0 aliphatic carbocycles. The van der Waals surface area contributed by atoms with Gasteiger partial charge in [-0.3, -0.25) is 9.69 Å². The molecule has 9 nitrogen and oxygen atoms in total. The lowest BCUT2D eigenvalue weighted by atomic mass is 10.0. The molecule has 0 bridgehead atoms. The number of ether oxygens (including phenoxy) is 1. The molecule has 1 N–H and O–H groups in total. The van der Waals surface area contributed by atoms with Crippen molar-refractivity contribution in [2.45, 2.75) is 44.7 Å². The molecule has 1 atom stereocenters. The number of aliphatic carboxylic acids is 1. The summed E-state index contributed by atoms with van der Waals surface area (Å²) < 4.78 is 41.0. The van der Waals surface area contributed by atoms with Crippen molar-refractivity contribution in [3.8, 4) is 0 Å². The number of hydrogen-bond donors (Lipinski definition) is 1. The molecule has 1 fully saturated rings. The van der Waals surface area contributed by atoms with Crippen molar-refractivity contribution in [3.63, 3.8) is 0 Å². The summed E-state index contributed by atoms with van der Waals surface area (Å²) in [6.45, 7) is 5.00. The molecular formula is C19H24F3N5O4. The lowest BCUT2D eigenvalue weighted by Crippen LogP contribution is -2.42. The van der Waals surface area contributed by atoms with Gasteiger partial charge in [-0.2, -0.15) is 18.3 Å². The molecule has 0 aromatic carbocycles. The number of carboxylic acids is 1. The van der Waals surface area contributed by atoms with Gasteiger partial charge >= 0.3 is 12.1 Å². The Morgan fingerprint density at radius 3 is 2.58 bits per heavy atom. The second-order valence-corrected chi connectivity index (χ2v) is 7.48. The molecule has 2 aliphatic heterocycles. The molecule has 2 aromatic rings. The van der Waals surface area contributed by atoms with Crippen molar-refractivity contribution in [3.05, 3.63) is 46.9 Å². The van der Waals surface area contributed by atoms with Crippen LogP contribution in [0, 0.1) is 5.92 Å². The van der Waals surface area contributed by atoms with Crippen LogP contribution in [0.15, 0.2) is 35.5 Å². The van der Waals surface area contributed by atoms with E-state index in [9.17, 15) is 18.0 Å². The van der Waals surface area contributed by atoms with E-state index in [0.717, 1.165) is 51.5 Å². The van der Waals surface area contributed by atoms with Gasteiger partial charge in [0.1, 0.15) is 5.82 Å².